The van der Waals surface area contributed by atoms with Crippen molar-refractivity contribution >= 4 is 23.6 Å². The zero-order valence-electron chi connectivity index (χ0n) is 16.1. The second-order valence-electron chi connectivity index (χ2n) is 6.94. The molecule has 4 amide bonds. The van der Waals surface area contributed by atoms with Crippen LogP contribution in [0.4, 0.5) is 0 Å². The lowest BCUT2D eigenvalue weighted by Crippen LogP contribution is -2.54. The summed E-state index contributed by atoms with van der Waals surface area (Å²) >= 11 is 0. The zero-order chi connectivity index (χ0) is 20.8. The van der Waals surface area contributed by atoms with E-state index in [4.69, 9.17) is 15.2 Å². The van der Waals surface area contributed by atoms with Crippen LogP contribution in [0.15, 0.2) is 18.2 Å². The fourth-order valence-electron chi connectivity index (χ4n) is 3.46. The fourth-order valence-corrected chi connectivity index (χ4v) is 3.46. The maximum Gasteiger partial charge on any atom is 0.262 e. The first kappa shape index (κ1) is 21.1. The molecule has 1 aromatic carbocycles. The summed E-state index contributed by atoms with van der Waals surface area (Å²) in [6, 6.07) is 4.19. The molecule has 0 spiro atoms. The molecule has 1 unspecified atom stereocenters. The number of benzene rings is 1. The minimum absolute atomic E-state index is 0.103. The third-order valence-corrected chi connectivity index (χ3v) is 4.89. The number of rotatable bonds is 10. The number of aryl methyl sites for hydroxylation is 1. The van der Waals surface area contributed by atoms with Crippen molar-refractivity contribution in [3.05, 3.63) is 34.9 Å². The van der Waals surface area contributed by atoms with Gasteiger partial charge in [-0.05, 0) is 37.0 Å². The van der Waals surface area contributed by atoms with E-state index in [1.165, 1.54) is 0 Å². The number of nitrogens with two attached hydrogens (primary N) is 1. The molecule has 2 heterocycles. The Kier molecular flexibility index (Phi) is 7.08. The predicted molar refractivity (Wildman–Crippen MR) is 102 cm³/mol. The highest BCUT2D eigenvalue weighted by atomic mass is 16.5. The van der Waals surface area contributed by atoms with Crippen LogP contribution in [0.2, 0.25) is 0 Å². The third-order valence-electron chi connectivity index (χ3n) is 4.89. The Balaban J connectivity index is 1.55. The Morgan fingerprint density at radius 1 is 1.00 bits per heavy atom. The summed E-state index contributed by atoms with van der Waals surface area (Å²) in [5.41, 5.74) is 6.83. The molecule has 1 aromatic rings. The summed E-state index contributed by atoms with van der Waals surface area (Å²) < 4.78 is 10.7. The molecule has 0 saturated carbocycles. The molecule has 2 aliphatic rings. The van der Waals surface area contributed by atoms with Crippen molar-refractivity contribution < 1.29 is 28.7 Å². The monoisotopic (exact) mass is 403 g/mol. The fraction of sp³-hybridized carbons (Fsp3) is 0.500. The van der Waals surface area contributed by atoms with Gasteiger partial charge in [0, 0.05) is 19.6 Å². The number of hydrogen-bond acceptors (Lipinski definition) is 7. The topological polar surface area (TPSA) is 128 Å². The molecular formula is C20H25N3O6. The first-order valence-electron chi connectivity index (χ1n) is 9.73. The largest absolute Gasteiger partial charge is 0.379 e. The zero-order valence-corrected chi connectivity index (χ0v) is 16.1. The third kappa shape index (κ3) is 4.87. The van der Waals surface area contributed by atoms with Crippen molar-refractivity contribution in [3.8, 4) is 0 Å². The Morgan fingerprint density at radius 3 is 2.45 bits per heavy atom. The summed E-state index contributed by atoms with van der Waals surface area (Å²) in [7, 11) is 0. The van der Waals surface area contributed by atoms with E-state index >= 15 is 0 Å². The van der Waals surface area contributed by atoms with Gasteiger partial charge in [-0.25, -0.2) is 0 Å². The molecule has 1 saturated heterocycles. The van der Waals surface area contributed by atoms with Crippen LogP contribution in [0, 0.1) is 0 Å². The van der Waals surface area contributed by atoms with Gasteiger partial charge >= 0.3 is 0 Å². The molecule has 29 heavy (non-hydrogen) atoms. The molecule has 0 aromatic heterocycles. The van der Waals surface area contributed by atoms with E-state index in [1.807, 2.05) is 6.07 Å². The molecule has 0 bridgehead atoms. The van der Waals surface area contributed by atoms with Gasteiger partial charge in [0.05, 0.1) is 30.9 Å². The Morgan fingerprint density at radius 2 is 1.72 bits per heavy atom. The highest BCUT2D eigenvalue weighted by Gasteiger charge is 2.44. The van der Waals surface area contributed by atoms with Crippen LogP contribution in [0.3, 0.4) is 0 Å². The molecule has 2 aliphatic heterocycles. The normalized spacial score (nSPS) is 18.9. The van der Waals surface area contributed by atoms with Crippen LogP contribution in [0.5, 0.6) is 0 Å². The summed E-state index contributed by atoms with van der Waals surface area (Å²) in [5, 5.41) is 2.19. The Hall–Kier alpha value is -2.62. The van der Waals surface area contributed by atoms with Gasteiger partial charge in [0.15, 0.2) is 0 Å². The van der Waals surface area contributed by atoms with Crippen molar-refractivity contribution in [2.75, 3.05) is 33.0 Å². The summed E-state index contributed by atoms with van der Waals surface area (Å²) in [4.78, 5) is 49.8. The van der Waals surface area contributed by atoms with Gasteiger partial charge in [0.1, 0.15) is 6.04 Å². The van der Waals surface area contributed by atoms with E-state index in [0.29, 0.717) is 45.0 Å². The number of amides is 4. The van der Waals surface area contributed by atoms with E-state index in [9.17, 15) is 19.2 Å². The number of ether oxygens (including phenoxy) is 2. The highest BCUT2D eigenvalue weighted by molar-refractivity contribution is 6.23. The van der Waals surface area contributed by atoms with Gasteiger partial charge in [-0.15, -0.1) is 0 Å². The summed E-state index contributed by atoms with van der Waals surface area (Å²) in [6.45, 7) is 2.56. The number of carbonyl (C=O) groups is 4. The van der Waals surface area contributed by atoms with Gasteiger partial charge in [0.25, 0.3) is 11.8 Å². The molecule has 1 fully saturated rings. The van der Waals surface area contributed by atoms with Crippen molar-refractivity contribution in [3.63, 3.8) is 0 Å². The van der Waals surface area contributed by atoms with Crippen LogP contribution in [0.25, 0.3) is 0 Å². The second-order valence-corrected chi connectivity index (χ2v) is 6.94. The van der Waals surface area contributed by atoms with Crippen LogP contribution < -0.4 is 11.1 Å². The van der Waals surface area contributed by atoms with Gasteiger partial charge in [-0.1, -0.05) is 6.07 Å². The van der Waals surface area contributed by atoms with Gasteiger partial charge in [0.2, 0.25) is 11.8 Å². The summed E-state index contributed by atoms with van der Waals surface area (Å²) in [5.74, 6) is -1.98. The molecule has 0 aliphatic carbocycles. The minimum atomic E-state index is -0.946. The number of nitrogens with zero attached hydrogens (tertiary/aromatic N) is 1. The Bertz CT molecular complexity index is 809. The first-order valence-corrected chi connectivity index (χ1v) is 9.73. The van der Waals surface area contributed by atoms with Crippen LogP contribution >= 0.6 is 0 Å². The van der Waals surface area contributed by atoms with Crippen LogP contribution in [-0.2, 0) is 25.5 Å². The average molecular weight is 403 g/mol. The number of hydrogen-bond donors (Lipinski definition) is 2. The van der Waals surface area contributed by atoms with Crippen molar-refractivity contribution in [1.29, 1.82) is 0 Å². The molecule has 0 radical (unpaired) electrons. The SMILES string of the molecule is NCCOCCOCCCc1ccc2c(c1)C(=O)N(C1CCC(=O)NC1=O)C2=O. The maximum absolute atomic E-state index is 12.8. The van der Waals surface area contributed by atoms with Crippen LogP contribution in [0.1, 0.15) is 45.5 Å². The van der Waals surface area contributed by atoms with E-state index in [0.717, 1.165) is 16.9 Å². The molecule has 9 heteroatoms. The molecule has 3 rings (SSSR count). The van der Waals surface area contributed by atoms with Gasteiger partial charge < -0.3 is 15.2 Å². The molecule has 3 N–H and O–H groups in total. The lowest BCUT2D eigenvalue weighted by atomic mass is 10.0. The molecule has 1 atom stereocenters. The molecule has 156 valence electrons. The number of piperidine rings is 1. The number of carbonyl (C=O) groups excluding carboxylic acids is 4. The number of imide groups is 2. The average Bonchev–Trinajstić information content (AvgIpc) is 2.94. The predicted octanol–water partition coefficient (Wildman–Crippen LogP) is 0.0123. The highest BCUT2D eigenvalue weighted by Crippen LogP contribution is 2.28. The van der Waals surface area contributed by atoms with Gasteiger partial charge in [-0.2, -0.15) is 0 Å². The van der Waals surface area contributed by atoms with Crippen molar-refractivity contribution in [2.24, 2.45) is 5.73 Å². The smallest absolute Gasteiger partial charge is 0.262 e. The number of fused-ring (bicyclic) bond motifs is 1. The lowest BCUT2D eigenvalue weighted by molar-refractivity contribution is -0.136. The van der Waals surface area contributed by atoms with E-state index in [1.54, 1.807) is 12.1 Å². The van der Waals surface area contributed by atoms with E-state index < -0.39 is 29.7 Å². The lowest BCUT2D eigenvalue weighted by Gasteiger charge is -2.27. The number of nitrogens with one attached hydrogen (secondary N) is 1. The Labute approximate surface area is 168 Å². The van der Waals surface area contributed by atoms with Gasteiger partial charge in [-0.3, -0.25) is 29.4 Å². The molecule has 9 nitrogen and oxygen atoms in total. The minimum Gasteiger partial charge on any atom is -0.379 e. The van der Waals surface area contributed by atoms with E-state index in [-0.39, 0.29) is 18.4 Å². The second kappa shape index (κ2) is 9.73. The van der Waals surface area contributed by atoms with Crippen molar-refractivity contribution in [1.82, 2.24) is 10.2 Å². The standard InChI is InChI=1S/C20H25N3O6/c21-7-9-29-11-10-28-8-1-2-13-3-4-14-15(12-13)20(27)23(19(14)26)16-5-6-17(24)22-18(16)25/h3-4,12,16H,1-2,5-11,21H2,(H,22,24,25). The first-order chi connectivity index (χ1) is 14.0. The molecular weight excluding hydrogens is 378 g/mol. The van der Waals surface area contributed by atoms with Crippen molar-refractivity contribution in [2.45, 2.75) is 31.7 Å². The van der Waals surface area contributed by atoms with E-state index in [2.05, 4.69) is 5.32 Å². The van der Waals surface area contributed by atoms with Crippen LogP contribution in [-0.4, -0.2) is 67.5 Å². The maximum atomic E-state index is 12.8. The summed E-state index contributed by atoms with van der Waals surface area (Å²) in [6.07, 6.45) is 1.70. The quantitative estimate of drug-likeness (QED) is 0.416.